The maximum atomic E-state index is 2.50. The minimum atomic E-state index is 0.801. The summed E-state index contributed by atoms with van der Waals surface area (Å²) in [6.07, 6.45) is 9.51. The fourth-order valence-corrected chi connectivity index (χ4v) is 2.95. The van der Waals surface area contributed by atoms with Crippen LogP contribution in [-0.4, -0.2) is 0 Å². The maximum absolute atomic E-state index is 2.50. The van der Waals surface area contributed by atoms with E-state index in [2.05, 4.69) is 48.9 Å². The lowest BCUT2D eigenvalue weighted by molar-refractivity contribution is 0.403. The molecular weight excluding hydrogens is 204 g/mol. The number of hydrogen-bond donors (Lipinski definition) is 0. The largest absolute Gasteiger partial charge is 0.0616 e. The van der Waals surface area contributed by atoms with Crippen molar-refractivity contribution in [3.05, 3.63) is 54.4 Å². The maximum Gasteiger partial charge on any atom is -0.00557 e. The molecule has 0 atom stereocenters. The highest BCUT2D eigenvalue weighted by molar-refractivity contribution is 5.86. The number of rotatable bonds is 2. The molecule has 1 saturated carbocycles. The van der Waals surface area contributed by atoms with Crippen molar-refractivity contribution in [3.8, 4) is 0 Å². The van der Waals surface area contributed by atoms with Gasteiger partial charge in [-0.25, -0.2) is 0 Å². The average molecular weight is 223 g/mol. The van der Waals surface area contributed by atoms with Crippen molar-refractivity contribution in [3.63, 3.8) is 0 Å². The lowest BCUT2D eigenvalue weighted by Crippen LogP contribution is -2.07. The monoisotopic (exact) mass is 223 g/mol. The van der Waals surface area contributed by atoms with Crippen molar-refractivity contribution in [2.75, 3.05) is 0 Å². The lowest BCUT2D eigenvalue weighted by Gasteiger charge is -2.21. The van der Waals surface area contributed by atoms with E-state index in [-0.39, 0.29) is 0 Å². The summed E-state index contributed by atoms with van der Waals surface area (Å²) in [5, 5.41) is 2.76. The first-order valence-electron chi connectivity index (χ1n) is 6.76. The fraction of sp³-hybridized carbons (Fsp3) is 0.353. The lowest BCUT2D eigenvalue weighted by atomic mass is 9.84. The number of benzene rings is 2. The van der Waals surface area contributed by atoms with E-state index in [0.717, 1.165) is 5.92 Å². The zero-order valence-corrected chi connectivity index (χ0v) is 10.2. The van der Waals surface area contributed by atoms with Crippen molar-refractivity contribution in [2.45, 2.75) is 32.1 Å². The van der Waals surface area contributed by atoms with E-state index in [9.17, 15) is 0 Å². The second kappa shape index (κ2) is 4.91. The Morgan fingerprint density at radius 1 is 0.824 bits per heavy atom. The molecule has 0 saturated heterocycles. The van der Waals surface area contributed by atoms with Gasteiger partial charge in [0, 0.05) is 0 Å². The van der Waals surface area contributed by atoms with Gasteiger partial charge < -0.3 is 0 Å². The van der Waals surface area contributed by atoms with Crippen molar-refractivity contribution in [2.24, 2.45) is 5.92 Å². The summed E-state index contributed by atoms with van der Waals surface area (Å²) in [4.78, 5) is 0. The molecule has 0 bridgehead atoms. The molecule has 0 aliphatic heterocycles. The third-order valence-electron chi connectivity index (χ3n) is 3.89. The fourth-order valence-electron chi connectivity index (χ4n) is 2.95. The van der Waals surface area contributed by atoms with Crippen molar-refractivity contribution >= 4 is 10.8 Å². The molecule has 0 heteroatoms. The van der Waals surface area contributed by atoms with Crippen LogP contribution in [0.3, 0.4) is 0 Å². The van der Waals surface area contributed by atoms with Crippen molar-refractivity contribution in [1.29, 1.82) is 0 Å². The summed E-state index contributed by atoms with van der Waals surface area (Å²) in [5.74, 6) is 0.801. The molecule has 0 amide bonds. The first kappa shape index (κ1) is 10.8. The van der Waals surface area contributed by atoms with Crippen LogP contribution in [0.25, 0.3) is 10.8 Å². The van der Waals surface area contributed by atoms with Gasteiger partial charge >= 0.3 is 0 Å². The van der Waals surface area contributed by atoms with Crippen LogP contribution < -0.4 is 0 Å². The van der Waals surface area contributed by atoms with E-state index >= 15 is 0 Å². The van der Waals surface area contributed by atoms with Gasteiger partial charge in [0.05, 0.1) is 0 Å². The molecule has 1 fully saturated rings. The Labute approximate surface area is 104 Å². The molecule has 0 spiro atoms. The summed E-state index contributed by atoms with van der Waals surface area (Å²) in [6.45, 7) is 0. The topological polar surface area (TPSA) is 0 Å². The van der Waals surface area contributed by atoms with Crippen LogP contribution in [0.2, 0.25) is 0 Å². The van der Waals surface area contributed by atoms with Crippen LogP contribution in [0, 0.1) is 12.3 Å². The second-order valence-electron chi connectivity index (χ2n) is 5.13. The molecule has 1 radical (unpaired) electrons. The first-order chi connectivity index (χ1) is 8.43. The Balaban J connectivity index is 1.89. The van der Waals surface area contributed by atoms with Crippen molar-refractivity contribution < 1.29 is 0 Å². The molecule has 17 heavy (non-hydrogen) atoms. The Hall–Kier alpha value is -1.30. The van der Waals surface area contributed by atoms with E-state index < -0.39 is 0 Å². The van der Waals surface area contributed by atoms with Gasteiger partial charge in [-0.1, -0.05) is 61.7 Å². The van der Waals surface area contributed by atoms with E-state index in [1.807, 2.05) is 0 Å². The smallest absolute Gasteiger partial charge is 0.00557 e. The minimum Gasteiger partial charge on any atom is -0.0616 e. The van der Waals surface area contributed by atoms with Crippen LogP contribution >= 0.6 is 0 Å². The normalized spacial score (nSPS) is 17.4. The highest BCUT2D eigenvalue weighted by Gasteiger charge is 2.15. The van der Waals surface area contributed by atoms with Gasteiger partial charge in [-0.15, -0.1) is 0 Å². The summed E-state index contributed by atoms with van der Waals surface area (Å²) in [6, 6.07) is 15.3. The highest BCUT2D eigenvalue weighted by Crippen LogP contribution is 2.30. The zero-order valence-electron chi connectivity index (χ0n) is 10.2. The molecule has 2 aromatic carbocycles. The average Bonchev–Trinajstić information content (AvgIpc) is 2.40. The molecule has 2 aromatic rings. The van der Waals surface area contributed by atoms with Crippen LogP contribution in [0.15, 0.2) is 42.5 Å². The van der Waals surface area contributed by atoms with Gasteiger partial charge in [0.2, 0.25) is 0 Å². The Morgan fingerprint density at radius 3 is 2.47 bits per heavy atom. The highest BCUT2D eigenvalue weighted by atomic mass is 14.2. The molecule has 0 N–H and O–H groups in total. The summed E-state index contributed by atoms with van der Waals surface area (Å²) in [7, 11) is 0. The predicted octanol–water partition coefficient (Wildman–Crippen LogP) is 4.97. The molecule has 0 aromatic heterocycles. The van der Waals surface area contributed by atoms with Crippen LogP contribution in [0.5, 0.6) is 0 Å². The van der Waals surface area contributed by atoms with Gasteiger partial charge in [0.25, 0.3) is 0 Å². The third kappa shape index (κ3) is 2.36. The molecule has 87 valence electrons. The predicted molar refractivity (Wildman–Crippen MR) is 73.9 cm³/mol. The molecule has 1 aliphatic carbocycles. The summed E-state index contributed by atoms with van der Waals surface area (Å²) >= 11 is 0. The van der Waals surface area contributed by atoms with E-state index in [1.165, 1.54) is 48.4 Å². The van der Waals surface area contributed by atoms with Crippen molar-refractivity contribution in [1.82, 2.24) is 0 Å². The quantitative estimate of drug-likeness (QED) is 0.674. The minimum absolute atomic E-state index is 0.801. The second-order valence-corrected chi connectivity index (χ2v) is 5.13. The SMILES string of the molecule is [CH](c1cccc2ccccc12)C1CCCCC1. The first-order valence-corrected chi connectivity index (χ1v) is 6.76. The van der Waals surface area contributed by atoms with Gasteiger partial charge in [0.15, 0.2) is 0 Å². The molecule has 0 heterocycles. The number of fused-ring (bicyclic) bond motifs is 1. The van der Waals surface area contributed by atoms with Crippen LogP contribution in [0.1, 0.15) is 37.7 Å². The van der Waals surface area contributed by atoms with Gasteiger partial charge in [0.1, 0.15) is 0 Å². The molecule has 1 aliphatic rings. The Kier molecular flexibility index (Phi) is 3.13. The Bertz CT molecular complexity index is 487. The Morgan fingerprint density at radius 2 is 1.59 bits per heavy atom. The summed E-state index contributed by atoms with van der Waals surface area (Å²) < 4.78 is 0. The summed E-state index contributed by atoms with van der Waals surface area (Å²) in [5.41, 5.74) is 1.43. The third-order valence-corrected chi connectivity index (χ3v) is 3.89. The zero-order chi connectivity index (χ0) is 11.5. The van der Waals surface area contributed by atoms with E-state index in [1.54, 1.807) is 0 Å². The van der Waals surface area contributed by atoms with E-state index in [4.69, 9.17) is 0 Å². The molecular formula is C17H19. The van der Waals surface area contributed by atoms with Gasteiger partial charge in [-0.05, 0) is 41.5 Å². The van der Waals surface area contributed by atoms with Gasteiger partial charge in [-0.3, -0.25) is 0 Å². The van der Waals surface area contributed by atoms with E-state index in [0.29, 0.717) is 0 Å². The molecule has 0 nitrogen and oxygen atoms in total. The molecule has 0 unspecified atom stereocenters. The van der Waals surface area contributed by atoms with Crippen LogP contribution in [0.4, 0.5) is 0 Å². The molecule has 3 rings (SSSR count). The number of hydrogen-bond acceptors (Lipinski definition) is 0. The van der Waals surface area contributed by atoms with Gasteiger partial charge in [-0.2, -0.15) is 0 Å². The standard InChI is InChI=1S/C17H19/c1-2-7-14(8-3-1)13-16-11-6-10-15-9-4-5-12-17(15)16/h4-6,9-14H,1-3,7-8H2. The van der Waals surface area contributed by atoms with Crippen LogP contribution in [-0.2, 0) is 0 Å².